The van der Waals surface area contributed by atoms with Crippen molar-refractivity contribution in [3.63, 3.8) is 0 Å². The standard InChI is InChI=1S/C13H18BrNO3/c1-3-13(4-2,9-14)10-18-12-7-5-6-11(8-12)15(16)17/h5-8H,3-4,9-10H2,1-2H3. The van der Waals surface area contributed by atoms with Crippen LogP contribution in [0.5, 0.6) is 5.75 Å². The summed E-state index contributed by atoms with van der Waals surface area (Å²) in [6.07, 6.45) is 2.01. The molecule has 5 heteroatoms. The molecular formula is C13H18BrNO3. The van der Waals surface area contributed by atoms with Gasteiger partial charge in [0, 0.05) is 16.8 Å². The van der Waals surface area contributed by atoms with Crippen LogP contribution in [0.4, 0.5) is 5.69 Å². The molecule has 0 spiro atoms. The van der Waals surface area contributed by atoms with E-state index < -0.39 is 4.92 Å². The molecule has 0 saturated heterocycles. The van der Waals surface area contributed by atoms with Crippen molar-refractivity contribution >= 4 is 21.6 Å². The van der Waals surface area contributed by atoms with E-state index in [1.54, 1.807) is 12.1 Å². The van der Waals surface area contributed by atoms with Gasteiger partial charge in [0.25, 0.3) is 5.69 Å². The lowest BCUT2D eigenvalue weighted by Gasteiger charge is -2.29. The number of hydrogen-bond donors (Lipinski definition) is 0. The van der Waals surface area contributed by atoms with Crippen molar-refractivity contribution in [3.8, 4) is 5.75 Å². The molecule has 0 bridgehead atoms. The third-order valence-electron chi connectivity index (χ3n) is 3.36. The maximum Gasteiger partial charge on any atom is 0.273 e. The topological polar surface area (TPSA) is 52.4 Å². The molecule has 0 aromatic heterocycles. The number of nitro groups is 1. The van der Waals surface area contributed by atoms with Gasteiger partial charge in [0.15, 0.2) is 0 Å². The highest BCUT2D eigenvalue weighted by Crippen LogP contribution is 2.30. The number of nitro benzene ring substituents is 1. The van der Waals surface area contributed by atoms with Crippen LogP contribution in [0.1, 0.15) is 26.7 Å². The molecule has 100 valence electrons. The normalized spacial score (nSPS) is 11.3. The summed E-state index contributed by atoms with van der Waals surface area (Å²) in [5.74, 6) is 0.552. The lowest BCUT2D eigenvalue weighted by atomic mass is 9.86. The maximum atomic E-state index is 10.7. The van der Waals surface area contributed by atoms with Crippen LogP contribution in [-0.2, 0) is 0 Å². The molecule has 0 saturated carbocycles. The summed E-state index contributed by atoms with van der Waals surface area (Å²) < 4.78 is 5.70. The molecule has 0 unspecified atom stereocenters. The second-order valence-electron chi connectivity index (χ2n) is 4.38. The molecule has 0 N–H and O–H groups in total. The molecule has 18 heavy (non-hydrogen) atoms. The smallest absolute Gasteiger partial charge is 0.273 e. The van der Waals surface area contributed by atoms with Gasteiger partial charge in [0.1, 0.15) is 5.75 Å². The van der Waals surface area contributed by atoms with E-state index in [1.807, 2.05) is 0 Å². The van der Waals surface area contributed by atoms with Gasteiger partial charge in [-0.15, -0.1) is 0 Å². The molecule has 0 heterocycles. The van der Waals surface area contributed by atoms with Gasteiger partial charge in [-0.05, 0) is 18.9 Å². The van der Waals surface area contributed by atoms with E-state index >= 15 is 0 Å². The number of rotatable bonds is 7. The maximum absolute atomic E-state index is 10.7. The van der Waals surface area contributed by atoms with Crippen LogP contribution in [0.2, 0.25) is 0 Å². The summed E-state index contributed by atoms with van der Waals surface area (Å²) in [4.78, 5) is 10.3. The SMILES string of the molecule is CCC(CC)(CBr)COc1cccc([N+](=O)[O-])c1. The van der Waals surface area contributed by atoms with Gasteiger partial charge in [-0.1, -0.05) is 35.8 Å². The number of ether oxygens (including phenoxy) is 1. The molecule has 1 aromatic rings. The van der Waals surface area contributed by atoms with Crippen LogP contribution in [-0.4, -0.2) is 16.9 Å². The fourth-order valence-electron chi connectivity index (χ4n) is 1.60. The van der Waals surface area contributed by atoms with Crippen molar-refractivity contribution in [2.75, 3.05) is 11.9 Å². The van der Waals surface area contributed by atoms with E-state index in [9.17, 15) is 10.1 Å². The number of benzene rings is 1. The zero-order valence-electron chi connectivity index (χ0n) is 10.7. The molecule has 1 aromatic carbocycles. The van der Waals surface area contributed by atoms with Crippen molar-refractivity contribution < 1.29 is 9.66 Å². The summed E-state index contributed by atoms with van der Waals surface area (Å²) in [5.41, 5.74) is 0.148. The molecular weight excluding hydrogens is 298 g/mol. The molecule has 4 nitrogen and oxygen atoms in total. The van der Waals surface area contributed by atoms with Crippen LogP contribution in [0.3, 0.4) is 0 Å². The van der Waals surface area contributed by atoms with E-state index in [-0.39, 0.29) is 11.1 Å². The number of hydrogen-bond acceptors (Lipinski definition) is 3. The van der Waals surface area contributed by atoms with Crippen molar-refractivity contribution in [3.05, 3.63) is 34.4 Å². The lowest BCUT2D eigenvalue weighted by molar-refractivity contribution is -0.384. The van der Waals surface area contributed by atoms with E-state index in [0.717, 1.165) is 18.2 Å². The second-order valence-corrected chi connectivity index (χ2v) is 4.94. The number of nitrogens with zero attached hydrogens (tertiary/aromatic N) is 1. The van der Waals surface area contributed by atoms with Crippen molar-refractivity contribution in [2.45, 2.75) is 26.7 Å². The summed E-state index contributed by atoms with van der Waals surface area (Å²) >= 11 is 3.52. The highest BCUT2D eigenvalue weighted by Gasteiger charge is 2.26. The van der Waals surface area contributed by atoms with Crippen LogP contribution in [0.15, 0.2) is 24.3 Å². The summed E-state index contributed by atoms with van der Waals surface area (Å²) in [6, 6.07) is 6.31. The van der Waals surface area contributed by atoms with Crippen molar-refractivity contribution in [2.24, 2.45) is 5.41 Å². The average Bonchev–Trinajstić information content (AvgIpc) is 2.41. The van der Waals surface area contributed by atoms with Crippen LogP contribution < -0.4 is 4.74 Å². The molecule has 0 radical (unpaired) electrons. The van der Waals surface area contributed by atoms with Gasteiger partial charge >= 0.3 is 0 Å². The first-order chi connectivity index (χ1) is 8.56. The second kappa shape index (κ2) is 6.73. The lowest BCUT2D eigenvalue weighted by Crippen LogP contribution is -2.29. The Kier molecular flexibility index (Phi) is 5.59. The molecule has 0 aliphatic heterocycles. The Morgan fingerprint density at radius 1 is 1.39 bits per heavy atom. The summed E-state index contributed by atoms with van der Waals surface area (Å²) in [6.45, 7) is 4.82. The monoisotopic (exact) mass is 315 g/mol. The van der Waals surface area contributed by atoms with Gasteiger partial charge in [0.05, 0.1) is 17.6 Å². The Morgan fingerprint density at radius 2 is 2.06 bits per heavy atom. The van der Waals surface area contributed by atoms with Gasteiger partial charge in [-0.3, -0.25) is 10.1 Å². The molecule has 0 atom stereocenters. The zero-order valence-corrected chi connectivity index (χ0v) is 12.3. The minimum Gasteiger partial charge on any atom is -0.493 e. The van der Waals surface area contributed by atoms with Gasteiger partial charge in [0.2, 0.25) is 0 Å². The van der Waals surface area contributed by atoms with Gasteiger partial charge in [-0.25, -0.2) is 0 Å². The number of halogens is 1. The fourth-order valence-corrected chi connectivity index (χ4v) is 2.56. The van der Waals surface area contributed by atoms with E-state index in [2.05, 4.69) is 29.8 Å². The largest absolute Gasteiger partial charge is 0.493 e. The van der Waals surface area contributed by atoms with Crippen molar-refractivity contribution in [1.82, 2.24) is 0 Å². The number of alkyl halides is 1. The summed E-state index contributed by atoms with van der Waals surface area (Å²) in [5, 5.41) is 11.5. The highest BCUT2D eigenvalue weighted by atomic mass is 79.9. The first-order valence-corrected chi connectivity index (χ1v) is 7.12. The minimum atomic E-state index is -0.412. The first kappa shape index (κ1) is 15.0. The first-order valence-electron chi connectivity index (χ1n) is 6.00. The Balaban J connectivity index is 2.73. The molecule has 0 aliphatic carbocycles. The minimum absolute atomic E-state index is 0.0601. The fraction of sp³-hybridized carbons (Fsp3) is 0.538. The third-order valence-corrected chi connectivity index (χ3v) is 4.55. The van der Waals surface area contributed by atoms with Crippen LogP contribution in [0.25, 0.3) is 0 Å². The Morgan fingerprint density at radius 3 is 2.56 bits per heavy atom. The third kappa shape index (κ3) is 3.70. The number of non-ortho nitro benzene ring substituents is 1. The zero-order chi connectivity index (χ0) is 13.6. The predicted octanol–water partition coefficient (Wildman–Crippen LogP) is 4.17. The molecule has 1 rings (SSSR count). The highest BCUT2D eigenvalue weighted by molar-refractivity contribution is 9.09. The average molecular weight is 316 g/mol. The molecule has 0 fully saturated rings. The van der Waals surface area contributed by atoms with Gasteiger partial charge < -0.3 is 4.74 Å². The van der Waals surface area contributed by atoms with Crippen LogP contribution >= 0.6 is 15.9 Å². The van der Waals surface area contributed by atoms with E-state index in [0.29, 0.717) is 12.4 Å². The van der Waals surface area contributed by atoms with E-state index in [1.165, 1.54) is 12.1 Å². The van der Waals surface area contributed by atoms with E-state index in [4.69, 9.17) is 4.74 Å². The van der Waals surface area contributed by atoms with Crippen LogP contribution in [0, 0.1) is 15.5 Å². The molecule has 0 amide bonds. The quantitative estimate of drug-likeness (QED) is 0.431. The predicted molar refractivity (Wildman–Crippen MR) is 75.4 cm³/mol. The Hall–Kier alpha value is -1.10. The Labute approximate surface area is 116 Å². The van der Waals surface area contributed by atoms with Crippen molar-refractivity contribution in [1.29, 1.82) is 0 Å². The molecule has 0 aliphatic rings. The van der Waals surface area contributed by atoms with Gasteiger partial charge in [-0.2, -0.15) is 0 Å². The summed E-state index contributed by atoms with van der Waals surface area (Å²) in [7, 11) is 0. The Bertz CT molecular complexity index is 397.